The van der Waals surface area contributed by atoms with E-state index in [0.29, 0.717) is 0 Å². The molecule has 0 radical (unpaired) electrons. The van der Waals surface area contributed by atoms with Gasteiger partial charge in [-0.15, -0.1) is 0 Å². The van der Waals surface area contributed by atoms with Crippen molar-refractivity contribution in [3.63, 3.8) is 0 Å². The van der Waals surface area contributed by atoms with Crippen LogP contribution in [0.1, 0.15) is 37.7 Å². The standard InChI is InChI=1S/C17H25N3O2/c21-20(22)17-6-4-5-15(13-17)14-18-11-7-16(8-12-18)19-9-2-1-3-10-19/h4-6,13,16H,1-3,7-12,14H2. The van der Waals surface area contributed by atoms with Crippen molar-refractivity contribution in [1.29, 1.82) is 0 Å². The van der Waals surface area contributed by atoms with Crippen LogP contribution in [0.2, 0.25) is 0 Å². The fourth-order valence-electron chi connectivity index (χ4n) is 3.75. The van der Waals surface area contributed by atoms with Gasteiger partial charge in [0.05, 0.1) is 4.92 Å². The van der Waals surface area contributed by atoms with E-state index in [1.165, 1.54) is 45.2 Å². The number of nitrogens with zero attached hydrogens (tertiary/aromatic N) is 3. The van der Waals surface area contributed by atoms with Gasteiger partial charge in [-0.25, -0.2) is 0 Å². The minimum atomic E-state index is -0.313. The van der Waals surface area contributed by atoms with E-state index in [1.54, 1.807) is 18.2 Å². The molecule has 0 atom stereocenters. The van der Waals surface area contributed by atoms with Crippen molar-refractivity contribution in [2.45, 2.75) is 44.7 Å². The zero-order valence-corrected chi connectivity index (χ0v) is 13.1. The smallest absolute Gasteiger partial charge is 0.269 e. The molecule has 2 aliphatic rings. The first-order valence-electron chi connectivity index (χ1n) is 8.42. The highest BCUT2D eigenvalue weighted by atomic mass is 16.6. The Morgan fingerprint density at radius 2 is 1.82 bits per heavy atom. The highest BCUT2D eigenvalue weighted by Crippen LogP contribution is 2.22. The summed E-state index contributed by atoms with van der Waals surface area (Å²) in [5.41, 5.74) is 1.24. The van der Waals surface area contributed by atoms with Crippen molar-refractivity contribution in [3.05, 3.63) is 39.9 Å². The van der Waals surface area contributed by atoms with Gasteiger partial charge in [-0.3, -0.25) is 15.0 Å². The largest absolute Gasteiger partial charge is 0.300 e. The molecule has 0 bridgehead atoms. The maximum Gasteiger partial charge on any atom is 0.269 e. The van der Waals surface area contributed by atoms with Gasteiger partial charge >= 0.3 is 0 Å². The van der Waals surface area contributed by atoms with Gasteiger partial charge in [0.2, 0.25) is 0 Å². The van der Waals surface area contributed by atoms with Crippen molar-refractivity contribution >= 4 is 5.69 Å². The van der Waals surface area contributed by atoms with Gasteiger partial charge in [-0.1, -0.05) is 18.6 Å². The molecule has 120 valence electrons. The Kier molecular flexibility index (Phi) is 5.05. The van der Waals surface area contributed by atoms with E-state index in [-0.39, 0.29) is 10.6 Å². The van der Waals surface area contributed by atoms with Crippen molar-refractivity contribution in [3.8, 4) is 0 Å². The van der Waals surface area contributed by atoms with Gasteiger partial charge in [-0.2, -0.15) is 0 Å². The number of likely N-dealkylation sites (tertiary alicyclic amines) is 2. The second-order valence-corrected chi connectivity index (χ2v) is 6.53. The number of benzene rings is 1. The van der Waals surface area contributed by atoms with Gasteiger partial charge in [0, 0.05) is 24.7 Å². The molecule has 0 aromatic heterocycles. The van der Waals surface area contributed by atoms with Crippen LogP contribution in [0.5, 0.6) is 0 Å². The number of nitro groups is 1. The summed E-state index contributed by atoms with van der Waals surface area (Å²) < 4.78 is 0. The molecule has 0 saturated carbocycles. The van der Waals surface area contributed by atoms with E-state index >= 15 is 0 Å². The molecule has 2 heterocycles. The van der Waals surface area contributed by atoms with Gasteiger partial charge in [0.1, 0.15) is 0 Å². The summed E-state index contributed by atoms with van der Waals surface area (Å²) in [6.45, 7) is 5.58. The lowest BCUT2D eigenvalue weighted by atomic mass is 9.99. The van der Waals surface area contributed by atoms with Crippen LogP contribution in [0, 0.1) is 10.1 Å². The van der Waals surface area contributed by atoms with Crippen LogP contribution in [-0.2, 0) is 6.54 Å². The SMILES string of the molecule is O=[N+]([O-])c1cccc(CN2CCC(N3CCCCC3)CC2)c1. The molecule has 5 nitrogen and oxygen atoms in total. The molecule has 5 heteroatoms. The predicted molar refractivity (Wildman–Crippen MR) is 86.8 cm³/mol. The number of non-ortho nitro benzene ring substituents is 1. The van der Waals surface area contributed by atoms with E-state index in [1.807, 2.05) is 6.07 Å². The number of hydrogen-bond donors (Lipinski definition) is 0. The number of nitro benzene ring substituents is 1. The third kappa shape index (κ3) is 3.84. The maximum atomic E-state index is 10.8. The molecular formula is C17H25N3O2. The van der Waals surface area contributed by atoms with Crippen molar-refractivity contribution in [1.82, 2.24) is 9.80 Å². The normalized spacial score (nSPS) is 21.8. The molecule has 2 fully saturated rings. The molecule has 1 aromatic rings. The number of rotatable bonds is 4. The maximum absolute atomic E-state index is 10.8. The highest BCUT2D eigenvalue weighted by molar-refractivity contribution is 5.34. The van der Waals surface area contributed by atoms with Crippen molar-refractivity contribution in [2.24, 2.45) is 0 Å². The third-order valence-corrected chi connectivity index (χ3v) is 4.99. The number of piperidine rings is 2. The molecule has 2 aliphatic heterocycles. The summed E-state index contributed by atoms with van der Waals surface area (Å²) in [7, 11) is 0. The Balaban J connectivity index is 1.51. The monoisotopic (exact) mass is 303 g/mol. The first-order chi connectivity index (χ1) is 10.7. The van der Waals surface area contributed by atoms with Crippen LogP contribution in [0.3, 0.4) is 0 Å². The summed E-state index contributed by atoms with van der Waals surface area (Å²) in [4.78, 5) is 15.6. The molecule has 2 saturated heterocycles. The predicted octanol–water partition coefficient (Wildman–Crippen LogP) is 3.05. The number of hydrogen-bond acceptors (Lipinski definition) is 4. The van der Waals surface area contributed by atoms with Crippen LogP contribution in [0.4, 0.5) is 5.69 Å². The fourth-order valence-corrected chi connectivity index (χ4v) is 3.75. The minimum Gasteiger partial charge on any atom is -0.300 e. The molecule has 0 spiro atoms. The Morgan fingerprint density at radius 1 is 1.09 bits per heavy atom. The molecule has 0 aliphatic carbocycles. The molecule has 1 aromatic carbocycles. The fraction of sp³-hybridized carbons (Fsp3) is 0.647. The lowest BCUT2D eigenvalue weighted by molar-refractivity contribution is -0.384. The van der Waals surface area contributed by atoms with E-state index in [4.69, 9.17) is 0 Å². The van der Waals surface area contributed by atoms with Crippen molar-refractivity contribution in [2.75, 3.05) is 26.2 Å². The van der Waals surface area contributed by atoms with Crippen LogP contribution in [-0.4, -0.2) is 46.9 Å². The average Bonchev–Trinajstić information content (AvgIpc) is 2.56. The lowest BCUT2D eigenvalue weighted by Crippen LogP contribution is -2.46. The van der Waals surface area contributed by atoms with E-state index in [9.17, 15) is 10.1 Å². The first-order valence-corrected chi connectivity index (χ1v) is 8.42. The Hall–Kier alpha value is -1.46. The van der Waals surface area contributed by atoms with Crippen LogP contribution in [0.25, 0.3) is 0 Å². The van der Waals surface area contributed by atoms with E-state index < -0.39 is 0 Å². The van der Waals surface area contributed by atoms with Gasteiger partial charge in [0.25, 0.3) is 5.69 Å². The molecule has 3 rings (SSSR count). The Morgan fingerprint density at radius 3 is 2.50 bits per heavy atom. The van der Waals surface area contributed by atoms with Gasteiger partial charge < -0.3 is 4.90 Å². The van der Waals surface area contributed by atoms with E-state index in [0.717, 1.165) is 31.2 Å². The second-order valence-electron chi connectivity index (χ2n) is 6.53. The van der Waals surface area contributed by atoms with Gasteiger partial charge in [-0.05, 0) is 57.4 Å². The summed E-state index contributed by atoms with van der Waals surface area (Å²) in [5, 5.41) is 10.8. The Labute approximate surface area is 132 Å². The lowest BCUT2D eigenvalue weighted by Gasteiger charge is -2.40. The molecular weight excluding hydrogens is 278 g/mol. The van der Waals surface area contributed by atoms with Crippen molar-refractivity contribution < 1.29 is 4.92 Å². The summed E-state index contributed by atoms with van der Waals surface area (Å²) in [6, 6.07) is 7.79. The molecule has 0 amide bonds. The van der Waals surface area contributed by atoms with E-state index in [2.05, 4.69) is 9.80 Å². The first kappa shape index (κ1) is 15.4. The second kappa shape index (κ2) is 7.20. The van der Waals surface area contributed by atoms with Crippen LogP contribution >= 0.6 is 0 Å². The molecule has 0 N–H and O–H groups in total. The summed E-state index contributed by atoms with van der Waals surface area (Å²) in [5.74, 6) is 0. The Bertz CT molecular complexity index is 506. The third-order valence-electron chi connectivity index (χ3n) is 4.99. The molecule has 0 unspecified atom stereocenters. The van der Waals surface area contributed by atoms with Crippen LogP contribution in [0.15, 0.2) is 24.3 Å². The minimum absolute atomic E-state index is 0.195. The quantitative estimate of drug-likeness (QED) is 0.633. The zero-order chi connectivity index (χ0) is 15.4. The summed E-state index contributed by atoms with van der Waals surface area (Å²) >= 11 is 0. The highest BCUT2D eigenvalue weighted by Gasteiger charge is 2.25. The van der Waals surface area contributed by atoms with Gasteiger partial charge in [0.15, 0.2) is 0 Å². The topological polar surface area (TPSA) is 49.6 Å². The van der Waals surface area contributed by atoms with Crippen LogP contribution < -0.4 is 0 Å². The zero-order valence-electron chi connectivity index (χ0n) is 13.1. The molecule has 22 heavy (non-hydrogen) atoms. The summed E-state index contributed by atoms with van der Waals surface area (Å²) in [6.07, 6.45) is 6.56. The average molecular weight is 303 g/mol.